The smallest absolute Gasteiger partial charge is 0.480 e. The number of carbonyl (C=O) groups is 2. The van der Waals surface area contributed by atoms with Gasteiger partial charge in [0.05, 0.1) is 2.74 Å². The van der Waals surface area contributed by atoms with Crippen LogP contribution in [0.5, 0.6) is 5.75 Å². The number of alkyl halides is 3. The number of benzene rings is 1. The summed E-state index contributed by atoms with van der Waals surface area (Å²) in [5, 5.41) is 3.56. The molecule has 1 fully saturated rings. The predicted octanol–water partition coefficient (Wildman–Crippen LogP) is 2.96. The molecule has 1 aromatic rings. The van der Waals surface area contributed by atoms with Crippen LogP contribution in [0.15, 0.2) is 29.3 Å². The minimum Gasteiger partial charge on any atom is -0.480 e. The third-order valence-electron chi connectivity index (χ3n) is 3.17. The second-order valence-corrected chi connectivity index (χ2v) is 4.87. The van der Waals surface area contributed by atoms with Crippen LogP contribution in [-0.4, -0.2) is 46.1 Å². The predicted molar refractivity (Wildman–Crippen MR) is 84.8 cm³/mol. The van der Waals surface area contributed by atoms with Crippen molar-refractivity contribution in [2.75, 3.05) is 6.50 Å². The van der Waals surface area contributed by atoms with Crippen molar-refractivity contribution < 1.29 is 49.1 Å². The summed E-state index contributed by atoms with van der Waals surface area (Å²) in [6.07, 6.45) is -25.6. The van der Waals surface area contributed by atoms with Gasteiger partial charge in [0.15, 0.2) is 0 Å². The number of ether oxygens (including phenoxy) is 1. The molecule has 0 radical (unpaired) electrons. The lowest BCUT2D eigenvalue weighted by Crippen LogP contribution is -2.50. The number of carbonyl (C=O) groups excluding carboxylic acids is 1. The molecule has 1 N–H and O–H groups in total. The van der Waals surface area contributed by atoms with Crippen LogP contribution in [-0.2, 0) is 9.59 Å². The number of carboxylic acid groups (broad SMARTS) is 1. The van der Waals surface area contributed by atoms with Gasteiger partial charge in [-0.25, -0.2) is 0 Å². The highest BCUT2D eigenvalue weighted by atomic mass is 19.4. The minimum absolute atomic E-state index is 0.548. The first-order chi connectivity index (χ1) is 17.3. The summed E-state index contributed by atoms with van der Waals surface area (Å²) in [6.45, 7) is -4.04. The maximum absolute atomic E-state index is 13.5. The number of amides is 1. The molecule has 2 aliphatic rings. The van der Waals surface area contributed by atoms with Crippen LogP contribution in [0, 0.1) is 0 Å². The Labute approximate surface area is 165 Å². The van der Waals surface area contributed by atoms with Crippen molar-refractivity contribution in [2.45, 2.75) is 43.9 Å². The van der Waals surface area contributed by atoms with Crippen molar-refractivity contribution in [3.05, 3.63) is 29.8 Å². The zero-order valence-corrected chi connectivity index (χ0v) is 12.5. The maximum atomic E-state index is 13.5. The molecule has 1 aromatic carbocycles. The van der Waals surface area contributed by atoms with Crippen LogP contribution < -0.4 is 4.74 Å². The summed E-state index contributed by atoms with van der Waals surface area (Å²) < 4.78 is 147. The van der Waals surface area contributed by atoms with Gasteiger partial charge in [-0.3, -0.25) is 14.6 Å². The Morgan fingerprint density at radius 2 is 2.00 bits per heavy atom. The highest BCUT2D eigenvalue weighted by molar-refractivity contribution is 6.47. The molecule has 6 nitrogen and oxygen atoms in total. The second kappa shape index (κ2) is 6.62. The van der Waals surface area contributed by atoms with Gasteiger partial charge < -0.3 is 14.7 Å². The number of carboxylic acids is 1. The molecule has 26 heavy (non-hydrogen) atoms. The van der Waals surface area contributed by atoms with Crippen molar-refractivity contribution >= 4 is 17.6 Å². The van der Waals surface area contributed by atoms with E-state index in [1.807, 2.05) is 0 Å². The summed E-state index contributed by atoms with van der Waals surface area (Å²) in [6, 6.07) is 2.73. The Bertz CT molecular complexity index is 1210. The van der Waals surface area contributed by atoms with Crippen molar-refractivity contribution in [1.29, 1.82) is 1.43 Å². The summed E-state index contributed by atoms with van der Waals surface area (Å²) >= 11 is 0. The molecule has 0 unspecified atom stereocenters. The first-order valence-corrected chi connectivity index (χ1v) is 6.78. The number of hydrogen-bond donors (Lipinski definition) is 1. The second-order valence-electron chi connectivity index (χ2n) is 4.87. The number of aliphatic imine (C=N–C) groups is 1. The van der Waals surface area contributed by atoms with E-state index >= 15 is 0 Å². The van der Waals surface area contributed by atoms with Gasteiger partial charge in [0.1, 0.15) is 23.6 Å². The van der Waals surface area contributed by atoms with E-state index in [9.17, 15) is 22.8 Å². The molecule has 0 aromatic heterocycles. The highest BCUT2D eigenvalue weighted by Crippen LogP contribution is 2.39. The number of nitrogens with zero attached hydrogens (tertiary/aromatic N) is 2. The Balaban J connectivity index is 2.43. The van der Waals surface area contributed by atoms with Gasteiger partial charge in [0, 0.05) is 19.3 Å². The molecule has 1 heterocycles. The lowest BCUT2D eigenvalue weighted by molar-refractivity contribution is -0.274. The van der Waals surface area contributed by atoms with Gasteiger partial charge in [-0.05, 0) is 49.8 Å². The molecule has 1 spiro atoms. The van der Waals surface area contributed by atoms with E-state index in [2.05, 4.69) is 14.8 Å². The third-order valence-corrected chi connectivity index (χ3v) is 3.17. The van der Waals surface area contributed by atoms with Gasteiger partial charge in [0.2, 0.25) is 0 Å². The van der Waals surface area contributed by atoms with Crippen LogP contribution in [0.25, 0.3) is 1.43 Å². The van der Waals surface area contributed by atoms with E-state index in [0.29, 0.717) is 12.1 Å². The third kappa shape index (κ3) is 3.66. The Hall–Kier alpha value is -2.58. The number of halogens is 3. The van der Waals surface area contributed by atoms with Crippen LogP contribution >= 0.6 is 0 Å². The number of rotatable bonds is 4. The van der Waals surface area contributed by atoms with Gasteiger partial charge in [-0.2, -0.15) is 0 Å². The summed E-state index contributed by atoms with van der Waals surface area (Å²) in [5.41, 5.74) is -5.73. The maximum Gasteiger partial charge on any atom is 0.573 e. The molecule has 1 aliphatic carbocycles. The SMILES string of the molecule is [2H]OC(=O)C([2H])([2H])N1C(=O)C(c2ccc(OC(F)(F)F)cc2)=NC12C([2H])([2H])C([2H])([2H])C([2H])([2H])C([2H])([2H])C2([2H])[2H]. The normalized spacial score (nSPS) is 37.0. The lowest BCUT2D eigenvalue weighted by atomic mass is 9.88. The summed E-state index contributed by atoms with van der Waals surface area (Å²) in [5.74, 6) is -4.96. The molecule has 0 atom stereocenters. The van der Waals surface area contributed by atoms with Crippen LogP contribution in [0.2, 0.25) is 0 Å². The van der Waals surface area contributed by atoms with E-state index < -0.39 is 84.2 Å². The van der Waals surface area contributed by atoms with Gasteiger partial charge in [0.25, 0.3) is 7.34 Å². The zero-order chi connectivity index (χ0) is 30.4. The van der Waals surface area contributed by atoms with Crippen LogP contribution in [0.1, 0.15) is 53.9 Å². The van der Waals surface area contributed by atoms with Crippen molar-refractivity contribution in [3.8, 4) is 5.75 Å². The zero-order valence-electron chi connectivity index (χ0n) is 25.5. The molecule has 1 amide bonds. The molecule has 0 saturated heterocycles. The quantitative estimate of drug-likeness (QED) is 0.867. The first kappa shape index (κ1) is 7.98. The largest absolute Gasteiger partial charge is 0.573 e. The number of aliphatic carboxylic acids is 1. The van der Waals surface area contributed by atoms with E-state index in [1.54, 1.807) is 0 Å². The number of hydrogen-bond acceptors (Lipinski definition) is 5. The monoisotopic (exact) mass is 383 g/mol. The molecular weight excluding hydrogens is 353 g/mol. The lowest BCUT2D eigenvalue weighted by Gasteiger charge is -2.38. The fraction of sp³-hybridized carbons (Fsp3) is 0.471. The van der Waals surface area contributed by atoms with E-state index in [0.717, 1.165) is 12.1 Å². The van der Waals surface area contributed by atoms with Crippen molar-refractivity contribution in [3.63, 3.8) is 0 Å². The van der Waals surface area contributed by atoms with E-state index in [1.165, 1.54) is 0 Å². The molecule has 3 rings (SSSR count). The van der Waals surface area contributed by atoms with E-state index in [4.69, 9.17) is 17.9 Å². The topological polar surface area (TPSA) is 79.2 Å². The molecule has 9 heteroatoms. The average molecular weight is 383 g/mol. The fourth-order valence-corrected chi connectivity index (χ4v) is 2.20. The van der Waals surface area contributed by atoms with Crippen molar-refractivity contribution in [2.24, 2.45) is 4.99 Å². The average Bonchev–Trinajstić information content (AvgIpc) is 3.12. The van der Waals surface area contributed by atoms with Gasteiger partial charge in [-0.15, -0.1) is 13.2 Å². The highest BCUT2D eigenvalue weighted by Gasteiger charge is 2.48. The molecule has 0 bridgehead atoms. The molecule has 1 saturated carbocycles. The fourth-order valence-electron chi connectivity index (χ4n) is 2.20. The summed E-state index contributed by atoms with van der Waals surface area (Å²) in [7, 11) is 0. The Kier molecular flexibility index (Phi) is 2.03. The Morgan fingerprint density at radius 1 is 1.35 bits per heavy atom. The molecule has 1 aliphatic heterocycles. The van der Waals surface area contributed by atoms with Gasteiger partial charge >= 0.3 is 12.3 Å². The van der Waals surface area contributed by atoms with Crippen LogP contribution in [0.3, 0.4) is 0 Å². The standard InChI is InChI=1S/C17H17F3N2O4/c18-17(19,20)26-12-6-4-11(5-7-12)14-15(25)22(10-13(23)24)16(21-14)8-2-1-3-9-16/h4-7H,1-3,8-10H2,(H,23,24)/i1D2,2D2,3D2,8D2,9D2,10D2/hD. The van der Waals surface area contributed by atoms with E-state index in [-0.39, 0.29) is 0 Å². The van der Waals surface area contributed by atoms with Gasteiger partial charge in [-0.1, -0.05) is 6.37 Å². The summed E-state index contributed by atoms with van der Waals surface area (Å²) in [4.78, 5) is 28.7. The molecule has 140 valence electrons. The van der Waals surface area contributed by atoms with Crippen molar-refractivity contribution in [1.82, 2.24) is 4.90 Å². The Morgan fingerprint density at radius 3 is 2.58 bits per heavy atom. The first-order valence-electron chi connectivity index (χ1n) is 13.2. The molecular formula is C17H17F3N2O4. The minimum atomic E-state index is -5.12. The van der Waals surface area contributed by atoms with Crippen LogP contribution in [0.4, 0.5) is 13.2 Å².